The lowest BCUT2D eigenvalue weighted by Gasteiger charge is -2.05. The highest BCUT2D eigenvalue weighted by Crippen LogP contribution is 2.29. The molecular weight excluding hydrogens is 244 g/mol. The molecule has 0 aliphatic carbocycles. The van der Waals surface area contributed by atoms with Gasteiger partial charge in [0.05, 0.1) is 5.69 Å². The number of benzene rings is 1. The van der Waals surface area contributed by atoms with Gasteiger partial charge in [0.1, 0.15) is 16.7 Å². The van der Waals surface area contributed by atoms with E-state index in [-0.39, 0.29) is 6.54 Å². The van der Waals surface area contributed by atoms with E-state index in [2.05, 4.69) is 9.97 Å². The van der Waals surface area contributed by atoms with Gasteiger partial charge in [-0.15, -0.1) is 0 Å². The van der Waals surface area contributed by atoms with Gasteiger partial charge in [-0.05, 0) is 12.1 Å². The van der Waals surface area contributed by atoms with Gasteiger partial charge in [-0.3, -0.25) is 4.98 Å². The van der Waals surface area contributed by atoms with Crippen LogP contribution in [0.5, 0.6) is 0 Å². The van der Waals surface area contributed by atoms with Gasteiger partial charge in [0.15, 0.2) is 0 Å². The molecule has 17 heavy (non-hydrogen) atoms. The second-order valence-electron chi connectivity index (χ2n) is 3.19. The van der Waals surface area contributed by atoms with E-state index in [9.17, 15) is 8.78 Å². The first kappa shape index (κ1) is 11.9. The number of hydrogen-bond acceptors (Lipinski definition) is 4. The van der Waals surface area contributed by atoms with Gasteiger partial charge in [-0.2, -0.15) is 0 Å². The molecule has 1 aromatic carbocycles. The Hall–Kier alpha value is -1.53. The maximum Gasteiger partial charge on any atom is 0.140 e. The molecule has 88 valence electrons. The minimum atomic E-state index is -0.622. The highest BCUT2D eigenvalue weighted by atomic mass is 32.2. The average molecular weight is 253 g/mol. The van der Waals surface area contributed by atoms with Crippen LogP contribution in [0.2, 0.25) is 0 Å². The van der Waals surface area contributed by atoms with E-state index in [1.165, 1.54) is 24.5 Å². The largest absolute Gasteiger partial charge is 0.325 e. The quantitative estimate of drug-likeness (QED) is 0.912. The molecule has 0 amide bonds. The topological polar surface area (TPSA) is 51.8 Å². The number of nitrogens with zero attached hydrogens (tertiary/aromatic N) is 2. The monoisotopic (exact) mass is 253 g/mol. The SMILES string of the molecule is NCc1nccnc1Sc1ccc(F)cc1F. The van der Waals surface area contributed by atoms with Crippen molar-refractivity contribution in [2.24, 2.45) is 5.73 Å². The lowest BCUT2D eigenvalue weighted by atomic mass is 10.3. The number of rotatable bonds is 3. The predicted octanol–water partition coefficient (Wildman–Crippen LogP) is 2.36. The summed E-state index contributed by atoms with van der Waals surface area (Å²) < 4.78 is 26.2. The van der Waals surface area contributed by atoms with Crippen molar-refractivity contribution < 1.29 is 8.78 Å². The van der Waals surface area contributed by atoms with Crippen LogP contribution in [0.4, 0.5) is 8.78 Å². The van der Waals surface area contributed by atoms with Crippen molar-refractivity contribution in [3.8, 4) is 0 Å². The van der Waals surface area contributed by atoms with E-state index in [4.69, 9.17) is 5.73 Å². The molecule has 1 aromatic heterocycles. The third-order valence-corrected chi connectivity index (χ3v) is 3.11. The molecule has 2 rings (SSSR count). The van der Waals surface area contributed by atoms with E-state index in [0.717, 1.165) is 17.8 Å². The summed E-state index contributed by atoms with van der Waals surface area (Å²) in [5.74, 6) is -1.23. The first-order valence-electron chi connectivity index (χ1n) is 4.83. The zero-order chi connectivity index (χ0) is 12.3. The third kappa shape index (κ3) is 2.78. The first-order chi connectivity index (χ1) is 8.20. The Balaban J connectivity index is 2.31. The van der Waals surface area contributed by atoms with E-state index in [1.54, 1.807) is 0 Å². The van der Waals surface area contributed by atoms with Gasteiger partial charge in [-0.25, -0.2) is 13.8 Å². The van der Waals surface area contributed by atoms with Crippen molar-refractivity contribution in [3.63, 3.8) is 0 Å². The summed E-state index contributed by atoms with van der Waals surface area (Å²) in [6.45, 7) is 0.221. The van der Waals surface area contributed by atoms with Crippen LogP contribution in [-0.4, -0.2) is 9.97 Å². The zero-order valence-corrected chi connectivity index (χ0v) is 9.55. The Morgan fingerprint density at radius 1 is 1.18 bits per heavy atom. The molecule has 6 heteroatoms. The summed E-state index contributed by atoms with van der Waals surface area (Å²) >= 11 is 1.08. The first-order valence-corrected chi connectivity index (χ1v) is 5.65. The maximum absolute atomic E-state index is 13.4. The van der Waals surface area contributed by atoms with Gasteiger partial charge in [0.25, 0.3) is 0 Å². The molecule has 0 saturated heterocycles. The number of hydrogen-bond donors (Lipinski definition) is 1. The van der Waals surface area contributed by atoms with Crippen molar-refractivity contribution >= 4 is 11.8 Å². The second-order valence-corrected chi connectivity index (χ2v) is 4.22. The highest BCUT2D eigenvalue weighted by molar-refractivity contribution is 7.99. The molecule has 0 spiro atoms. The van der Waals surface area contributed by atoms with Crippen molar-refractivity contribution in [1.82, 2.24) is 9.97 Å². The molecule has 1 heterocycles. The number of aromatic nitrogens is 2. The van der Waals surface area contributed by atoms with Crippen LogP contribution in [-0.2, 0) is 6.54 Å². The van der Waals surface area contributed by atoms with Gasteiger partial charge in [-0.1, -0.05) is 11.8 Å². The van der Waals surface area contributed by atoms with Crippen LogP contribution >= 0.6 is 11.8 Å². The predicted molar refractivity (Wildman–Crippen MR) is 60.4 cm³/mol. The van der Waals surface area contributed by atoms with E-state index in [0.29, 0.717) is 15.6 Å². The number of halogens is 2. The van der Waals surface area contributed by atoms with Crippen LogP contribution in [0.1, 0.15) is 5.69 Å². The molecule has 0 fully saturated rings. The fourth-order valence-corrected chi connectivity index (χ4v) is 2.11. The normalized spacial score (nSPS) is 10.5. The fraction of sp³-hybridized carbons (Fsp3) is 0.0909. The Labute approximate surface area is 101 Å². The van der Waals surface area contributed by atoms with E-state index < -0.39 is 11.6 Å². The van der Waals surface area contributed by atoms with Gasteiger partial charge in [0.2, 0.25) is 0 Å². The fourth-order valence-electron chi connectivity index (χ4n) is 1.24. The van der Waals surface area contributed by atoms with Crippen LogP contribution in [0, 0.1) is 11.6 Å². The number of nitrogens with two attached hydrogens (primary N) is 1. The zero-order valence-electron chi connectivity index (χ0n) is 8.73. The summed E-state index contributed by atoms with van der Waals surface area (Å²) in [7, 11) is 0. The van der Waals surface area contributed by atoms with Crippen molar-refractivity contribution in [2.75, 3.05) is 0 Å². The highest BCUT2D eigenvalue weighted by Gasteiger charge is 2.10. The molecule has 0 radical (unpaired) electrons. The van der Waals surface area contributed by atoms with Crippen LogP contribution in [0.15, 0.2) is 40.5 Å². The van der Waals surface area contributed by atoms with Crippen LogP contribution in [0.25, 0.3) is 0 Å². The Kier molecular flexibility index (Phi) is 3.65. The summed E-state index contributed by atoms with van der Waals surface area (Å²) in [5, 5.41) is 0.528. The standard InChI is InChI=1S/C11H9F2N3S/c12-7-1-2-10(8(13)5-7)17-11-9(6-14)15-3-4-16-11/h1-5H,6,14H2. The third-order valence-electron chi connectivity index (χ3n) is 2.03. The molecular formula is C11H9F2N3S. The van der Waals surface area contributed by atoms with Crippen LogP contribution < -0.4 is 5.73 Å². The average Bonchev–Trinajstić information content (AvgIpc) is 2.33. The van der Waals surface area contributed by atoms with Gasteiger partial charge < -0.3 is 5.73 Å². The van der Waals surface area contributed by atoms with Gasteiger partial charge in [0, 0.05) is 29.9 Å². The van der Waals surface area contributed by atoms with Crippen molar-refractivity contribution in [3.05, 3.63) is 47.9 Å². The molecule has 0 bridgehead atoms. The van der Waals surface area contributed by atoms with Crippen LogP contribution in [0.3, 0.4) is 0 Å². The molecule has 0 saturated carbocycles. The molecule has 0 aliphatic heterocycles. The second kappa shape index (κ2) is 5.20. The molecule has 3 nitrogen and oxygen atoms in total. The molecule has 0 unspecified atom stereocenters. The van der Waals surface area contributed by atoms with Crippen molar-refractivity contribution in [1.29, 1.82) is 0 Å². The minimum Gasteiger partial charge on any atom is -0.325 e. The van der Waals surface area contributed by atoms with Gasteiger partial charge >= 0.3 is 0 Å². The van der Waals surface area contributed by atoms with E-state index >= 15 is 0 Å². The lowest BCUT2D eigenvalue weighted by molar-refractivity contribution is 0.565. The smallest absolute Gasteiger partial charge is 0.140 e. The Morgan fingerprint density at radius 2 is 1.94 bits per heavy atom. The maximum atomic E-state index is 13.4. The lowest BCUT2D eigenvalue weighted by Crippen LogP contribution is -2.02. The summed E-state index contributed by atoms with van der Waals surface area (Å²) in [5.41, 5.74) is 6.08. The Bertz CT molecular complexity index is 534. The minimum absolute atomic E-state index is 0.221. The molecule has 2 N–H and O–H groups in total. The Morgan fingerprint density at radius 3 is 2.65 bits per heavy atom. The summed E-state index contributed by atoms with van der Waals surface area (Å²) in [4.78, 5) is 8.40. The molecule has 0 atom stereocenters. The molecule has 2 aromatic rings. The van der Waals surface area contributed by atoms with Crippen molar-refractivity contribution in [2.45, 2.75) is 16.5 Å². The van der Waals surface area contributed by atoms with E-state index in [1.807, 2.05) is 0 Å². The molecule has 0 aliphatic rings. The summed E-state index contributed by atoms with van der Waals surface area (Å²) in [6.07, 6.45) is 3.02. The summed E-state index contributed by atoms with van der Waals surface area (Å²) in [6, 6.07) is 3.40.